The van der Waals surface area contributed by atoms with Crippen LogP contribution in [0.25, 0.3) is 42.9 Å². The maximum atomic E-state index is 12.5. The van der Waals surface area contributed by atoms with Crippen molar-refractivity contribution < 1.29 is 46.2 Å². The number of carboxylic acid groups (broad SMARTS) is 1. The van der Waals surface area contributed by atoms with Gasteiger partial charge in [0, 0.05) is 70.4 Å². The second-order valence-electron chi connectivity index (χ2n) is 22.5. The number of fused-ring (bicyclic) bond motifs is 6. The van der Waals surface area contributed by atoms with E-state index in [0.717, 1.165) is 153 Å². The van der Waals surface area contributed by atoms with Crippen molar-refractivity contribution in [2.24, 2.45) is 0 Å². The van der Waals surface area contributed by atoms with Crippen molar-refractivity contribution in [2.75, 3.05) is 22.1 Å². The Kier molecular flexibility index (Phi) is 14.3. The number of rotatable bonds is 17. The molecule has 0 spiro atoms. The van der Waals surface area contributed by atoms with Crippen molar-refractivity contribution in [2.45, 2.75) is 152 Å². The molecule has 80 heavy (non-hydrogen) atoms. The zero-order chi connectivity index (χ0) is 54.8. The number of amides is 1. The van der Waals surface area contributed by atoms with Crippen LogP contribution in [0.4, 0.5) is 10.3 Å². The number of aryl methyl sites for hydroxylation is 2. The van der Waals surface area contributed by atoms with Crippen LogP contribution in [0.15, 0.2) is 94.0 Å². The molecule has 4 aromatic heterocycles. The van der Waals surface area contributed by atoms with E-state index in [-0.39, 0.29) is 24.7 Å². The number of thiazole rings is 2. The van der Waals surface area contributed by atoms with Gasteiger partial charge in [-0.25, -0.2) is 14.8 Å². The average Bonchev–Trinajstić information content (AvgIpc) is 4.22. The molecule has 14 rings (SSSR count). The summed E-state index contributed by atoms with van der Waals surface area (Å²) < 4.78 is 57.6. The number of nitrogens with one attached hydrogen (secondary N) is 1. The molecular weight excluding hydrogens is 1070 g/mol. The lowest BCUT2D eigenvalue weighted by Crippen LogP contribution is -2.45. The highest BCUT2D eigenvalue weighted by Crippen LogP contribution is 2.49. The fourth-order valence-electron chi connectivity index (χ4n) is 12.6. The van der Waals surface area contributed by atoms with E-state index in [0.29, 0.717) is 60.3 Å². The molecule has 4 aliphatic heterocycles. The first-order valence-electron chi connectivity index (χ1n) is 27.9. The van der Waals surface area contributed by atoms with Crippen LogP contribution in [0.2, 0.25) is 0 Å². The fraction of sp³-hybridized carbons (Fsp3) is 0.433. The topological polar surface area (TPSA) is 224 Å². The van der Waals surface area contributed by atoms with E-state index in [1.807, 2.05) is 24.3 Å². The maximum absolute atomic E-state index is 12.5. The van der Waals surface area contributed by atoms with Gasteiger partial charge < -0.3 is 38.7 Å². The second kappa shape index (κ2) is 21.7. The van der Waals surface area contributed by atoms with Crippen LogP contribution in [0.3, 0.4) is 0 Å². The first-order chi connectivity index (χ1) is 38.8. The number of aromatic nitrogens is 4. The van der Waals surface area contributed by atoms with Gasteiger partial charge in [0.15, 0.2) is 10.3 Å². The van der Waals surface area contributed by atoms with Gasteiger partial charge in [0.25, 0.3) is 16.0 Å². The number of ether oxygens (including phenoxy) is 2. The molecule has 17 nitrogen and oxygen atoms in total. The smallest absolute Gasteiger partial charge is 0.335 e. The Morgan fingerprint density at radius 2 is 1.07 bits per heavy atom. The molecule has 2 saturated carbocycles. The lowest BCUT2D eigenvalue weighted by molar-refractivity contribution is 0.0145. The molecule has 2 aliphatic carbocycles. The molecule has 4 aromatic carbocycles. The molecule has 8 heterocycles. The summed E-state index contributed by atoms with van der Waals surface area (Å²) >= 11 is 3.17. The molecule has 0 radical (unpaired) electrons. The quantitative estimate of drug-likeness (QED) is 0.0721. The Morgan fingerprint density at radius 3 is 1.50 bits per heavy atom. The highest BCUT2D eigenvalue weighted by Gasteiger charge is 2.45. The van der Waals surface area contributed by atoms with Gasteiger partial charge in [-0.3, -0.25) is 9.35 Å². The highest BCUT2D eigenvalue weighted by atomic mass is 32.2. The third-order valence-electron chi connectivity index (χ3n) is 17.0. The standard InChI is InChI=1S/C31H34N4O6S2.C29H29N3O4S/c1-18-4-2-3-5-24(18)28-25(29(41-34-28)19-6-7-19)17-40-23-15-21-9-10-22(16-23)35(21)31-33-26-11-8-20(14-27(26)42-31)30(36)32-12-13-43(37,38)39;1-16-4-2-3-5-22(16)26-23(27(36-31-26)17-6-7-17)15-35-21-13-19-9-10-20(14-21)32(19)29-30-24-11-8-18(28(33)34)12-25(24)37-29/h2-5,8,11,14,19,21-23H,6-7,9-10,12-13,15-17H2,1H3,(H,32,36)(H,37,38,39);2-5,8,11-12,17,19-21H,6-7,9-10,13-15H2,1H3,(H,33,34)/t21-,22?,23?;19-,20?,21?/m00/s1. The molecule has 6 fully saturated rings. The molecule has 20 heteroatoms. The summed E-state index contributed by atoms with van der Waals surface area (Å²) in [5, 5.41) is 22.8. The molecule has 416 valence electrons. The van der Waals surface area contributed by atoms with E-state index in [4.69, 9.17) is 33.0 Å². The van der Waals surface area contributed by atoms with Crippen molar-refractivity contribution in [3.8, 4) is 22.5 Å². The van der Waals surface area contributed by atoms with Gasteiger partial charge in [0.05, 0.1) is 57.2 Å². The van der Waals surface area contributed by atoms with E-state index < -0.39 is 21.8 Å². The summed E-state index contributed by atoms with van der Waals surface area (Å²) in [5.41, 5.74) is 11.1. The van der Waals surface area contributed by atoms with Gasteiger partial charge >= 0.3 is 5.97 Å². The Hall–Kier alpha value is -6.55. The van der Waals surface area contributed by atoms with E-state index >= 15 is 0 Å². The van der Waals surface area contributed by atoms with Crippen LogP contribution in [0, 0.1) is 13.8 Å². The summed E-state index contributed by atoms with van der Waals surface area (Å²) in [4.78, 5) is 38.6. The molecule has 4 bridgehead atoms. The largest absolute Gasteiger partial charge is 0.478 e. The highest BCUT2D eigenvalue weighted by molar-refractivity contribution is 7.85. The van der Waals surface area contributed by atoms with Crippen LogP contribution in [-0.4, -0.2) is 98.9 Å². The zero-order valence-corrected chi connectivity index (χ0v) is 47.0. The molecular formula is C60H63N7O10S3. The number of carboxylic acids is 1. The van der Waals surface area contributed by atoms with Crippen molar-refractivity contribution >= 4 is 75.4 Å². The third-order valence-corrected chi connectivity index (χ3v) is 19.8. The zero-order valence-electron chi connectivity index (χ0n) is 44.6. The van der Waals surface area contributed by atoms with Crippen molar-refractivity contribution in [3.63, 3.8) is 0 Å². The number of anilines is 2. The number of carbonyl (C=O) groups is 2. The van der Waals surface area contributed by atoms with Gasteiger partial charge in [-0.05, 0) is 138 Å². The van der Waals surface area contributed by atoms with Gasteiger partial charge in [-0.15, -0.1) is 0 Å². The SMILES string of the molecule is Cc1ccccc1-c1noc(C2CC2)c1COC1CC2CC[C@@H](C1)N2c1nc2ccc(C(=O)NCCS(=O)(=O)O)cc2s1.Cc1ccccc1-c1noc(C2CC2)c1COC1CC2CC[C@@H](C1)N2c1nc2ccc(C(=O)O)cc2s1. The molecule has 4 saturated heterocycles. The molecule has 8 aromatic rings. The summed E-state index contributed by atoms with van der Waals surface area (Å²) in [5.74, 6) is 1.10. The fourth-order valence-corrected chi connectivity index (χ4v) is 15.3. The summed E-state index contributed by atoms with van der Waals surface area (Å²) in [7, 11) is -4.13. The van der Waals surface area contributed by atoms with Crippen LogP contribution < -0.4 is 15.1 Å². The first-order valence-corrected chi connectivity index (χ1v) is 31.2. The Bertz CT molecular complexity index is 3720. The Labute approximate surface area is 471 Å². The molecule has 6 aliphatic rings. The number of aromatic carboxylic acids is 1. The van der Waals surface area contributed by atoms with Crippen molar-refractivity contribution in [3.05, 3.63) is 130 Å². The monoisotopic (exact) mass is 1140 g/mol. The van der Waals surface area contributed by atoms with Crippen LogP contribution in [0.5, 0.6) is 0 Å². The number of benzene rings is 4. The molecule has 3 N–H and O–H groups in total. The van der Waals surface area contributed by atoms with Crippen LogP contribution in [-0.2, 0) is 32.8 Å². The van der Waals surface area contributed by atoms with Crippen LogP contribution >= 0.6 is 22.7 Å². The molecule has 6 atom stereocenters. The molecule has 4 unspecified atom stereocenters. The van der Waals surface area contributed by atoms with E-state index in [2.05, 4.69) is 75.7 Å². The van der Waals surface area contributed by atoms with Gasteiger partial charge in [-0.2, -0.15) is 8.42 Å². The van der Waals surface area contributed by atoms with Gasteiger partial charge in [0.1, 0.15) is 22.9 Å². The van der Waals surface area contributed by atoms with E-state index in [9.17, 15) is 23.1 Å². The summed E-state index contributed by atoms with van der Waals surface area (Å²) in [6.45, 7) is 5.09. The number of carbonyl (C=O) groups excluding carboxylic acids is 1. The minimum atomic E-state index is -4.13. The average molecular weight is 1140 g/mol. The Balaban J connectivity index is 0.000000153. The van der Waals surface area contributed by atoms with Crippen molar-refractivity contribution in [1.29, 1.82) is 0 Å². The maximum Gasteiger partial charge on any atom is 0.335 e. The number of piperidine rings is 2. The van der Waals surface area contributed by atoms with Gasteiger partial charge in [0.2, 0.25) is 0 Å². The van der Waals surface area contributed by atoms with E-state index in [1.165, 1.54) is 11.1 Å². The predicted octanol–water partition coefficient (Wildman–Crippen LogP) is 12.0. The van der Waals surface area contributed by atoms with Crippen molar-refractivity contribution in [1.82, 2.24) is 25.6 Å². The normalized spacial score (nSPS) is 22.5. The predicted molar refractivity (Wildman–Crippen MR) is 306 cm³/mol. The summed E-state index contributed by atoms with van der Waals surface area (Å²) in [6.07, 6.45) is 13.2. The molecule has 1 amide bonds. The minimum absolute atomic E-state index is 0.146. The number of hydrogen-bond acceptors (Lipinski definition) is 16. The van der Waals surface area contributed by atoms with Crippen LogP contribution in [0.1, 0.15) is 143 Å². The lowest BCUT2D eigenvalue weighted by Gasteiger charge is -2.38. The lowest BCUT2D eigenvalue weighted by atomic mass is 9.99. The first kappa shape index (κ1) is 52.8. The number of nitrogens with zero attached hydrogens (tertiary/aromatic N) is 6. The third kappa shape index (κ3) is 10.9. The second-order valence-corrected chi connectivity index (χ2v) is 26.1. The number of hydrogen-bond donors (Lipinski definition) is 3. The van der Waals surface area contributed by atoms with E-state index in [1.54, 1.807) is 46.9 Å². The Morgan fingerprint density at radius 1 is 0.637 bits per heavy atom. The summed E-state index contributed by atoms with van der Waals surface area (Å²) in [6, 6.07) is 28.6. The minimum Gasteiger partial charge on any atom is -0.478 e. The van der Waals surface area contributed by atoms with Gasteiger partial charge in [-0.1, -0.05) is 81.5 Å².